The van der Waals surface area contributed by atoms with Crippen molar-refractivity contribution in [1.29, 1.82) is 0 Å². The number of para-hydroxylation sites is 1. The number of halogens is 2. The van der Waals surface area contributed by atoms with E-state index in [2.05, 4.69) is 0 Å². The van der Waals surface area contributed by atoms with E-state index in [9.17, 15) is 10.1 Å². The van der Waals surface area contributed by atoms with E-state index >= 15 is 0 Å². The van der Waals surface area contributed by atoms with Crippen LogP contribution < -0.4 is 4.74 Å². The molecule has 0 aromatic heterocycles. The van der Waals surface area contributed by atoms with Crippen LogP contribution in [-0.4, -0.2) is 17.4 Å². The van der Waals surface area contributed by atoms with Crippen molar-refractivity contribution >= 4 is 28.9 Å². The Morgan fingerprint density at radius 2 is 2.06 bits per heavy atom. The quantitative estimate of drug-likeness (QED) is 0.327. The minimum absolute atomic E-state index is 0.102. The molecule has 0 radical (unpaired) electrons. The summed E-state index contributed by atoms with van der Waals surface area (Å²) in [7, 11) is 0. The molecule has 4 nitrogen and oxygen atoms in total. The molecule has 0 spiro atoms. The van der Waals surface area contributed by atoms with Crippen LogP contribution in [0, 0.1) is 10.1 Å². The normalized spacial score (nSPS) is 10.2. The number of nitro groups is 1. The third kappa shape index (κ3) is 4.40. The van der Waals surface area contributed by atoms with Crippen LogP contribution in [0.4, 0.5) is 5.69 Å². The smallest absolute Gasteiger partial charge is 0.312 e. The van der Waals surface area contributed by atoms with Crippen LogP contribution in [0.1, 0.15) is 19.3 Å². The number of nitro benzene ring substituents is 1. The second-order valence-electron chi connectivity index (χ2n) is 3.44. The zero-order chi connectivity index (χ0) is 12.7. The van der Waals surface area contributed by atoms with Gasteiger partial charge in [0.1, 0.15) is 0 Å². The van der Waals surface area contributed by atoms with Crippen LogP contribution in [0.25, 0.3) is 0 Å². The largest absolute Gasteiger partial charge is 0.486 e. The lowest BCUT2D eigenvalue weighted by Gasteiger charge is -2.07. The van der Waals surface area contributed by atoms with Crippen molar-refractivity contribution in [3.63, 3.8) is 0 Å². The Hall–Kier alpha value is -1.000. The topological polar surface area (TPSA) is 52.4 Å². The number of ether oxygens (including phenoxy) is 1. The maximum Gasteiger partial charge on any atom is 0.312 e. The molecule has 0 saturated heterocycles. The van der Waals surface area contributed by atoms with E-state index in [1.807, 2.05) is 0 Å². The van der Waals surface area contributed by atoms with E-state index in [1.165, 1.54) is 12.1 Å². The fourth-order valence-electron chi connectivity index (χ4n) is 1.33. The molecule has 6 heteroatoms. The van der Waals surface area contributed by atoms with Crippen LogP contribution in [0.5, 0.6) is 5.75 Å². The predicted molar refractivity (Wildman–Crippen MR) is 68.2 cm³/mol. The number of hydrogen-bond donors (Lipinski definition) is 0. The Morgan fingerprint density at radius 1 is 1.29 bits per heavy atom. The van der Waals surface area contributed by atoms with Gasteiger partial charge in [-0.2, -0.15) is 0 Å². The van der Waals surface area contributed by atoms with Crippen molar-refractivity contribution in [1.82, 2.24) is 0 Å². The standard InChI is InChI=1S/C11H13Cl2NO3/c12-7-2-1-3-8-17-11-9(13)5-4-6-10(11)14(15)16/h4-6H,1-3,7-8H2. The van der Waals surface area contributed by atoms with Crippen LogP contribution >= 0.6 is 23.2 Å². The Bertz CT molecular complexity index is 385. The highest BCUT2D eigenvalue weighted by atomic mass is 35.5. The molecule has 94 valence electrons. The average Bonchev–Trinajstić information content (AvgIpc) is 2.30. The number of benzene rings is 1. The third-order valence-electron chi connectivity index (χ3n) is 2.17. The molecule has 0 aliphatic carbocycles. The van der Waals surface area contributed by atoms with Crippen LogP contribution in [0.15, 0.2) is 18.2 Å². The molecule has 0 aliphatic rings. The van der Waals surface area contributed by atoms with Gasteiger partial charge in [0.05, 0.1) is 16.6 Å². The van der Waals surface area contributed by atoms with Crippen molar-refractivity contribution in [3.05, 3.63) is 33.3 Å². The minimum atomic E-state index is -0.500. The number of alkyl halides is 1. The lowest BCUT2D eigenvalue weighted by Crippen LogP contribution is -2.01. The molecule has 1 aromatic rings. The Kier molecular flexibility index (Phi) is 6.08. The van der Waals surface area contributed by atoms with Gasteiger partial charge in [0.2, 0.25) is 5.75 Å². The SMILES string of the molecule is O=[N+]([O-])c1cccc(Cl)c1OCCCCCCl. The van der Waals surface area contributed by atoms with Gasteiger partial charge in [-0.15, -0.1) is 11.6 Å². The first-order valence-electron chi connectivity index (χ1n) is 5.28. The molecule has 1 aromatic carbocycles. The number of rotatable bonds is 7. The summed E-state index contributed by atoms with van der Waals surface area (Å²) in [6, 6.07) is 4.48. The van der Waals surface area contributed by atoms with Crippen LogP contribution in [-0.2, 0) is 0 Å². The van der Waals surface area contributed by atoms with E-state index in [-0.39, 0.29) is 16.5 Å². The lowest BCUT2D eigenvalue weighted by molar-refractivity contribution is -0.385. The van der Waals surface area contributed by atoms with Crippen molar-refractivity contribution in [2.75, 3.05) is 12.5 Å². The first kappa shape index (κ1) is 14.1. The number of nitrogens with zero attached hydrogens (tertiary/aromatic N) is 1. The number of hydrogen-bond acceptors (Lipinski definition) is 3. The molecule has 0 aliphatic heterocycles. The molecule has 0 unspecified atom stereocenters. The average molecular weight is 278 g/mol. The summed E-state index contributed by atoms with van der Waals surface area (Å²) in [5, 5.41) is 11.0. The van der Waals surface area contributed by atoms with E-state index in [4.69, 9.17) is 27.9 Å². The molecule has 0 fully saturated rings. The van der Waals surface area contributed by atoms with Gasteiger partial charge in [0.25, 0.3) is 0 Å². The molecule has 0 N–H and O–H groups in total. The first-order valence-corrected chi connectivity index (χ1v) is 6.19. The number of unbranched alkanes of at least 4 members (excludes halogenated alkanes) is 2. The predicted octanol–water partition coefficient (Wildman–Crippen LogP) is 4.04. The summed E-state index contributed by atoms with van der Waals surface area (Å²) in [5.74, 6) is 0.761. The first-order chi connectivity index (χ1) is 8.16. The van der Waals surface area contributed by atoms with E-state index in [1.54, 1.807) is 6.07 Å². The highest BCUT2D eigenvalue weighted by Gasteiger charge is 2.17. The van der Waals surface area contributed by atoms with Gasteiger partial charge >= 0.3 is 5.69 Å². The summed E-state index contributed by atoms with van der Waals surface area (Å²) >= 11 is 11.4. The zero-order valence-electron chi connectivity index (χ0n) is 9.20. The molecule has 1 rings (SSSR count). The minimum Gasteiger partial charge on any atom is -0.486 e. The summed E-state index contributed by atoms with van der Waals surface area (Å²) in [6.45, 7) is 0.404. The van der Waals surface area contributed by atoms with E-state index in [0.717, 1.165) is 19.3 Å². The molecule has 0 atom stereocenters. The van der Waals surface area contributed by atoms with E-state index in [0.29, 0.717) is 12.5 Å². The highest BCUT2D eigenvalue weighted by Crippen LogP contribution is 2.34. The van der Waals surface area contributed by atoms with Gasteiger partial charge in [-0.25, -0.2) is 0 Å². The summed E-state index contributed by atoms with van der Waals surface area (Å²) in [6.07, 6.45) is 2.65. The molecular formula is C11H13Cl2NO3. The van der Waals surface area contributed by atoms with Gasteiger partial charge < -0.3 is 4.74 Å². The Morgan fingerprint density at radius 3 is 2.71 bits per heavy atom. The van der Waals surface area contributed by atoms with Gasteiger partial charge in [-0.3, -0.25) is 10.1 Å². The van der Waals surface area contributed by atoms with Gasteiger partial charge in [0, 0.05) is 11.9 Å². The third-order valence-corrected chi connectivity index (χ3v) is 2.73. The van der Waals surface area contributed by atoms with Gasteiger partial charge in [-0.1, -0.05) is 17.7 Å². The van der Waals surface area contributed by atoms with Crippen molar-refractivity contribution in [2.45, 2.75) is 19.3 Å². The lowest BCUT2D eigenvalue weighted by atomic mass is 10.2. The molecule has 0 amide bonds. The highest BCUT2D eigenvalue weighted by molar-refractivity contribution is 6.32. The van der Waals surface area contributed by atoms with Crippen LogP contribution in [0.3, 0.4) is 0 Å². The van der Waals surface area contributed by atoms with Gasteiger partial charge in [0.15, 0.2) is 0 Å². The van der Waals surface area contributed by atoms with E-state index < -0.39 is 4.92 Å². The molecule has 0 bridgehead atoms. The molecule has 0 heterocycles. The summed E-state index contributed by atoms with van der Waals surface area (Å²) in [4.78, 5) is 10.3. The maximum atomic E-state index is 10.8. The molecular weight excluding hydrogens is 265 g/mol. The second kappa shape index (κ2) is 7.35. The van der Waals surface area contributed by atoms with Crippen LogP contribution in [0.2, 0.25) is 5.02 Å². The Labute approximate surface area is 110 Å². The maximum absolute atomic E-state index is 10.8. The second-order valence-corrected chi connectivity index (χ2v) is 4.23. The molecule has 17 heavy (non-hydrogen) atoms. The summed E-state index contributed by atoms with van der Waals surface area (Å²) < 4.78 is 5.36. The Balaban J connectivity index is 2.60. The van der Waals surface area contributed by atoms with Crippen molar-refractivity contribution in [3.8, 4) is 5.75 Å². The fraction of sp³-hybridized carbons (Fsp3) is 0.455. The van der Waals surface area contributed by atoms with Crippen molar-refractivity contribution in [2.24, 2.45) is 0 Å². The molecule has 0 saturated carbocycles. The van der Waals surface area contributed by atoms with Gasteiger partial charge in [-0.05, 0) is 25.3 Å². The zero-order valence-corrected chi connectivity index (χ0v) is 10.7. The fourth-order valence-corrected chi connectivity index (χ4v) is 1.74. The monoisotopic (exact) mass is 277 g/mol. The summed E-state index contributed by atoms with van der Waals surface area (Å²) in [5.41, 5.74) is -0.102. The van der Waals surface area contributed by atoms with Crippen molar-refractivity contribution < 1.29 is 9.66 Å².